The molecule has 0 radical (unpaired) electrons. The van der Waals surface area contributed by atoms with Crippen molar-refractivity contribution in [3.05, 3.63) is 36.3 Å². The van der Waals surface area contributed by atoms with Gasteiger partial charge < -0.3 is 10.6 Å². The Morgan fingerprint density at radius 3 is 2.72 bits per heavy atom. The van der Waals surface area contributed by atoms with Crippen molar-refractivity contribution < 1.29 is 14.0 Å². The Labute approximate surface area is 146 Å². The molecular weight excluding hydrogens is 321 g/mol. The molecule has 1 heterocycles. The van der Waals surface area contributed by atoms with E-state index >= 15 is 0 Å². The van der Waals surface area contributed by atoms with Crippen molar-refractivity contribution in [1.29, 1.82) is 0 Å². The van der Waals surface area contributed by atoms with Gasteiger partial charge in [-0.3, -0.25) is 14.6 Å². The third-order valence-electron chi connectivity index (χ3n) is 4.86. The van der Waals surface area contributed by atoms with Crippen molar-refractivity contribution in [3.8, 4) is 0 Å². The lowest BCUT2D eigenvalue weighted by Crippen LogP contribution is -2.42. The van der Waals surface area contributed by atoms with Crippen molar-refractivity contribution in [2.75, 3.05) is 11.9 Å². The summed E-state index contributed by atoms with van der Waals surface area (Å²) in [6.45, 7) is 2.65. The molecule has 5 nitrogen and oxygen atoms in total. The van der Waals surface area contributed by atoms with Crippen LogP contribution in [-0.2, 0) is 9.59 Å². The molecule has 1 aliphatic carbocycles. The number of amides is 2. The van der Waals surface area contributed by atoms with Crippen LogP contribution >= 0.6 is 0 Å². The van der Waals surface area contributed by atoms with E-state index < -0.39 is 17.6 Å². The number of fused-ring (bicyclic) bond motifs is 1. The Morgan fingerprint density at radius 2 is 1.96 bits per heavy atom. The molecule has 1 aliphatic rings. The largest absolute Gasteiger partial charge is 0.347 e. The SMILES string of the molecule is CC1(CNC(=O)C(=O)Nc2cnc3c(F)cccc3c2)CCCCC1. The van der Waals surface area contributed by atoms with Crippen LogP contribution in [0.1, 0.15) is 39.0 Å². The van der Waals surface area contributed by atoms with E-state index in [2.05, 4.69) is 22.5 Å². The Morgan fingerprint density at radius 1 is 1.20 bits per heavy atom. The number of benzene rings is 1. The lowest BCUT2D eigenvalue weighted by atomic mass is 9.76. The van der Waals surface area contributed by atoms with Gasteiger partial charge in [-0.1, -0.05) is 38.3 Å². The van der Waals surface area contributed by atoms with Gasteiger partial charge in [-0.05, 0) is 30.4 Å². The van der Waals surface area contributed by atoms with Crippen molar-refractivity contribution in [2.45, 2.75) is 39.0 Å². The summed E-state index contributed by atoms with van der Waals surface area (Å²) in [4.78, 5) is 28.1. The predicted molar refractivity (Wildman–Crippen MR) is 94.5 cm³/mol. The lowest BCUT2D eigenvalue weighted by Gasteiger charge is -2.33. The molecule has 1 fully saturated rings. The number of rotatable bonds is 3. The van der Waals surface area contributed by atoms with Gasteiger partial charge in [0.15, 0.2) is 0 Å². The van der Waals surface area contributed by atoms with Crippen LogP contribution in [0.25, 0.3) is 10.9 Å². The van der Waals surface area contributed by atoms with Crippen LogP contribution in [0.15, 0.2) is 30.5 Å². The van der Waals surface area contributed by atoms with Crippen molar-refractivity contribution >= 4 is 28.4 Å². The summed E-state index contributed by atoms with van der Waals surface area (Å²) in [5, 5.41) is 5.81. The molecule has 0 bridgehead atoms. The van der Waals surface area contributed by atoms with Gasteiger partial charge in [-0.25, -0.2) is 4.39 Å². The number of para-hydroxylation sites is 1. The van der Waals surface area contributed by atoms with E-state index in [9.17, 15) is 14.0 Å². The monoisotopic (exact) mass is 343 g/mol. The van der Waals surface area contributed by atoms with Gasteiger partial charge >= 0.3 is 11.8 Å². The van der Waals surface area contributed by atoms with E-state index in [-0.39, 0.29) is 10.9 Å². The smallest absolute Gasteiger partial charge is 0.313 e. The highest BCUT2D eigenvalue weighted by Crippen LogP contribution is 2.34. The van der Waals surface area contributed by atoms with Gasteiger partial charge in [0, 0.05) is 11.9 Å². The Bertz CT molecular complexity index is 800. The van der Waals surface area contributed by atoms with E-state index in [4.69, 9.17) is 0 Å². The molecule has 2 aromatic rings. The highest BCUT2D eigenvalue weighted by atomic mass is 19.1. The highest BCUT2D eigenvalue weighted by Gasteiger charge is 2.28. The fraction of sp³-hybridized carbons (Fsp3) is 0.421. The summed E-state index contributed by atoms with van der Waals surface area (Å²) in [6, 6.07) is 6.19. The minimum Gasteiger partial charge on any atom is -0.347 e. The number of carbonyl (C=O) groups is 2. The van der Waals surface area contributed by atoms with E-state index in [1.807, 2.05) is 0 Å². The molecule has 0 spiro atoms. The molecule has 0 aliphatic heterocycles. The normalized spacial score (nSPS) is 16.4. The van der Waals surface area contributed by atoms with Crippen LogP contribution in [0.5, 0.6) is 0 Å². The first kappa shape index (κ1) is 17.3. The molecule has 6 heteroatoms. The minimum absolute atomic E-state index is 0.0657. The zero-order valence-electron chi connectivity index (χ0n) is 14.3. The summed E-state index contributed by atoms with van der Waals surface area (Å²) in [7, 11) is 0. The first-order valence-corrected chi connectivity index (χ1v) is 8.60. The molecule has 2 amide bonds. The summed E-state index contributed by atoms with van der Waals surface area (Å²) in [5.41, 5.74) is 0.660. The molecule has 132 valence electrons. The zero-order chi connectivity index (χ0) is 17.9. The quantitative estimate of drug-likeness (QED) is 0.839. The van der Waals surface area contributed by atoms with Crippen LogP contribution in [0.2, 0.25) is 0 Å². The van der Waals surface area contributed by atoms with Gasteiger partial charge in [0.05, 0.1) is 11.9 Å². The van der Waals surface area contributed by atoms with E-state index in [0.29, 0.717) is 17.6 Å². The number of hydrogen-bond donors (Lipinski definition) is 2. The third kappa shape index (κ3) is 4.13. The maximum Gasteiger partial charge on any atom is 0.313 e. The molecule has 0 unspecified atom stereocenters. The molecule has 1 aromatic carbocycles. The molecule has 2 N–H and O–H groups in total. The van der Waals surface area contributed by atoms with Crippen molar-refractivity contribution in [1.82, 2.24) is 10.3 Å². The van der Waals surface area contributed by atoms with E-state index in [0.717, 1.165) is 25.7 Å². The fourth-order valence-electron chi connectivity index (χ4n) is 3.34. The number of hydrogen-bond acceptors (Lipinski definition) is 3. The number of anilines is 1. The number of pyridine rings is 1. The average Bonchev–Trinajstić information content (AvgIpc) is 2.60. The first-order chi connectivity index (χ1) is 12.0. The topological polar surface area (TPSA) is 71.1 Å². The lowest BCUT2D eigenvalue weighted by molar-refractivity contribution is -0.136. The zero-order valence-corrected chi connectivity index (χ0v) is 14.3. The number of nitrogens with one attached hydrogen (secondary N) is 2. The van der Waals surface area contributed by atoms with Crippen LogP contribution in [0, 0.1) is 11.2 Å². The molecule has 1 aromatic heterocycles. The number of carbonyl (C=O) groups excluding carboxylic acids is 2. The molecule has 3 rings (SSSR count). The van der Waals surface area contributed by atoms with Gasteiger partial charge in [0.2, 0.25) is 0 Å². The molecule has 25 heavy (non-hydrogen) atoms. The summed E-state index contributed by atoms with van der Waals surface area (Å²) in [6.07, 6.45) is 7.04. The van der Waals surface area contributed by atoms with Crippen LogP contribution in [0.4, 0.5) is 10.1 Å². The second kappa shape index (κ2) is 7.17. The summed E-state index contributed by atoms with van der Waals surface area (Å²) < 4.78 is 13.6. The van der Waals surface area contributed by atoms with Crippen LogP contribution in [0.3, 0.4) is 0 Å². The fourth-order valence-corrected chi connectivity index (χ4v) is 3.34. The summed E-state index contributed by atoms with van der Waals surface area (Å²) in [5.74, 6) is -1.82. The standard InChI is InChI=1S/C19H22FN3O2/c1-19(8-3-2-4-9-19)12-22-17(24)18(25)23-14-10-13-6-5-7-15(20)16(13)21-11-14/h5-7,10-11H,2-4,8-9,12H2,1H3,(H,22,24)(H,23,25). The molecule has 0 saturated heterocycles. The first-order valence-electron chi connectivity index (χ1n) is 8.60. The Kier molecular flexibility index (Phi) is 4.97. The number of nitrogens with zero attached hydrogens (tertiary/aromatic N) is 1. The van der Waals surface area contributed by atoms with E-state index in [1.165, 1.54) is 18.7 Å². The summed E-state index contributed by atoms with van der Waals surface area (Å²) >= 11 is 0. The molecule has 1 saturated carbocycles. The third-order valence-corrected chi connectivity index (χ3v) is 4.86. The van der Waals surface area contributed by atoms with Gasteiger partial charge in [-0.2, -0.15) is 0 Å². The Hall–Kier alpha value is -2.50. The second-order valence-electron chi connectivity index (χ2n) is 7.04. The van der Waals surface area contributed by atoms with Gasteiger partial charge in [0.1, 0.15) is 11.3 Å². The molecular formula is C19H22FN3O2. The number of aromatic nitrogens is 1. The predicted octanol–water partition coefficient (Wildman–Crippen LogP) is 3.40. The average molecular weight is 343 g/mol. The number of halogens is 1. The van der Waals surface area contributed by atoms with E-state index in [1.54, 1.807) is 18.2 Å². The van der Waals surface area contributed by atoms with Gasteiger partial charge in [0.25, 0.3) is 0 Å². The Balaban J connectivity index is 1.60. The minimum atomic E-state index is -0.739. The maximum atomic E-state index is 13.6. The van der Waals surface area contributed by atoms with Crippen molar-refractivity contribution in [3.63, 3.8) is 0 Å². The van der Waals surface area contributed by atoms with Gasteiger partial charge in [-0.15, -0.1) is 0 Å². The van der Waals surface area contributed by atoms with Crippen LogP contribution < -0.4 is 10.6 Å². The molecule has 0 atom stereocenters. The van der Waals surface area contributed by atoms with Crippen molar-refractivity contribution in [2.24, 2.45) is 5.41 Å². The maximum absolute atomic E-state index is 13.6. The van der Waals surface area contributed by atoms with Crippen LogP contribution in [-0.4, -0.2) is 23.3 Å². The second-order valence-corrected chi connectivity index (χ2v) is 7.04. The highest BCUT2D eigenvalue weighted by molar-refractivity contribution is 6.39.